The Morgan fingerprint density at radius 3 is 2.78 bits per heavy atom. The summed E-state index contributed by atoms with van der Waals surface area (Å²) in [6.45, 7) is 8.95. The van der Waals surface area contributed by atoms with Crippen LogP contribution in [0.25, 0.3) is 11.4 Å². The molecule has 1 amide bonds. The molecule has 0 aliphatic heterocycles. The van der Waals surface area contributed by atoms with Crippen LogP contribution in [0.1, 0.15) is 32.8 Å². The van der Waals surface area contributed by atoms with Gasteiger partial charge >= 0.3 is 0 Å². The van der Waals surface area contributed by atoms with Crippen molar-refractivity contribution in [2.45, 2.75) is 51.9 Å². The van der Waals surface area contributed by atoms with Crippen LogP contribution < -0.4 is 5.32 Å². The predicted octanol–water partition coefficient (Wildman–Crippen LogP) is 3.28. The number of carbonyl (C=O) groups is 1. The molecule has 23 heavy (non-hydrogen) atoms. The molecule has 2 aromatic rings. The fourth-order valence-electron chi connectivity index (χ4n) is 2.23. The molecule has 124 valence electrons. The molecule has 2 rings (SSSR count). The van der Waals surface area contributed by atoms with E-state index in [1.54, 1.807) is 0 Å². The number of aromatic nitrogens is 3. The van der Waals surface area contributed by atoms with Crippen LogP contribution in [0.3, 0.4) is 0 Å². The summed E-state index contributed by atoms with van der Waals surface area (Å²) in [7, 11) is 0. The number of thioether (sulfide) groups is 1. The predicted molar refractivity (Wildman–Crippen MR) is 94.5 cm³/mol. The van der Waals surface area contributed by atoms with Gasteiger partial charge in [-0.15, -0.1) is 10.2 Å². The maximum absolute atomic E-state index is 11.9. The normalized spacial score (nSPS) is 12.2. The third-order valence-corrected chi connectivity index (χ3v) is 4.63. The summed E-state index contributed by atoms with van der Waals surface area (Å²) in [4.78, 5) is 11.9. The minimum Gasteiger partial charge on any atom is -0.353 e. The number of rotatable bonds is 7. The second-order valence-corrected chi connectivity index (χ2v) is 6.53. The molecule has 0 fully saturated rings. The van der Waals surface area contributed by atoms with E-state index in [4.69, 9.17) is 0 Å². The van der Waals surface area contributed by atoms with Crippen molar-refractivity contribution in [3.05, 3.63) is 29.8 Å². The molecule has 1 N–H and O–H groups in total. The highest BCUT2D eigenvalue weighted by Gasteiger charge is 2.15. The number of carbonyl (C=O) groups excluding carboxylic acids is 1. The average molecular weight is 332 g/mol. The van der Waals surface area contributed by atoms with Crippen molar-refractivity contribution in [3.8, 4) is 11.4 Å². The summed E-state index contributed by atoms with van der Waals surface area (Å²) in [6.07, 6.45) is 0.930. The van der Waals surface area contributed by atoms with Crippen molar-refractivity contribution in [2.24, 2.45) is 0 Å². The highest BCUT2D eigenvalue weighted by Crippen LogP contribution is 2.24. The molecule has 0 saturated heterocycles. The van der Waals surface area contributed by atoms with Crippen LogP contribution in [0.4, 0.5) is 0 Å². The molecule has 1 atom stereocenters. The molecule has 6 heteroatoms. The van der Waals surface area contributed by atoms with Gasteiger partial charge in [-0.05, 0) is 33.3 Å². The number of benzene rings is 1. The summed E-state index contributed by atoms with van der Waals surface area (Å²) in [5.74, 6) is 1.24. The van der Waals surface area contributed by atoms with Crippen molar-refractivity contribution < 1.29 is 4.79 Å². The molecular formula is C17H24N4OS. The lowest BCUT2D eigenvalue weighted by Gasteiger charge is -2.11. The van der Waals surface area contributed by atoms with Crippen molar-refractivity contribution in [2.75, 3.05) is 5.75 Å². The lowest BCUT2D eigenvalue weighted by Crippen LogP contribution is -2.33. The maximum Gasteiger partial charge on any atom is 0.230 e. The molecular weight excluding hydrogens is 308 g/mol. The van der Waals surface area contributed by atoms with Gasteiger partial charge in [0.2, 0.25) is 5.91 Å². The second kappa shape index (κ2) is 8.15. The Hall–Kier alpha value is -1.82. The third kappa shape index (κ3) is 4.58. The summed E-state index contributed by atoms with van der Waals surface area (Å²) in [5.41, 5.74) is 2.24. The molecule has 5 nitrogen and oxygen atoms in total. The molecule has 1 heterocycles. The van der Waals surface area contributed by atoms with E-state index < -0.39 is 0 Å². The Morgan fingerprint density at radius 1 is 1.35 bits per heavy atom. The molecule has 0 bridgehead atoms. The quantitative estimate of drug-likeness (QED) is 0.791. The Kier molecular flexibility index (Phi) is 6.21. The molecule has 0 aliphatic rings. The second-order valence-electron chi connectivity index (χ2n) is 5.59. The van der Waals surface area contributed by atoms with Crippen molar-refractivity contribution >= 4 is 17.7 Å². The molecule has 0 saturated carbocycles. The van der Waals surface area contributed by atoms with Gasteiger partial charge in [0, 0.05) is 18.2 Å². The van der Waals surface area contributed by atoms with E-state index >= 15 is 0 Å². The van der Waals surface area contributed by atoms with Crippen LogP contribution in [-0.4, -0.2) is 32.5 Å². The number of amides is 1. The molecule has 1 unspecified atom stereocenters. The zero-order valence-corrected chi connectivity index (χ0v) is 15.0. The monoisotopic (exact) mass is 332 g/mol. The van der Waals surface area contributed by atoms with E-state index in [9.17, 15) is 4.79 Å². The van der Waals surface area contributed by atoms with E-state index in [2.05, 4.69) is 53.0 Å². The molecule has 1 aromatic carbocycles. The summed E-state index contributed by atoms with van der Waals surface area (Å²) in [6, 6.07) is 8.42. The third-order valence-electron chi connectivity index (χ3n) is 3.66. The Morgan fingerprint density at radius 2 is 2.13 bits per heavy atom. The summed E-state index contributed by atoms with van der Waals surface area (Å²) < 4.78 is 2.05. The van der Waals surface area contributed by atoms with Gasteiger partial charge in [0.1, 0.15) is 0 Å². The van der Waals surface area contributed by atoms with Crippen molar-refractivity contribution in [1.29, 1.82) is 0 Å². The zero-order chi connectivity index (χ0) is 16.8. The van der Waals surface area contributed by atoms with Gasteiger partial charge in [-0.2, -0.15) is 0 Å². The molecule has 0 aliphatic carbocycles. The van der Waals surface area contributed by atoms with E-state index in [1.165, 1.54) is 17.3 Å². The SMILES string of the molecule is CCC(C)NC(=O)CSc1nnc(-c2cccc(C)c2)n1CC. The van der Waals surface area contributed by atoms with Crippen LogP contribution in [0.5, 0.6) is 0 Å². The first-order valence-corrected chi connectivity index (χ1v) is 8.96. The summed E-state index contributed by atoms with van der Waals surface area (Å²) >= 11 is 1.43. The summed E-state index contributed by atoms with van der Waals surface area (Å²) in [5, 5.41) is 12.3. The van der Waals surface area contributed by atoms with Gasteiger partial charge in [0.15, 0.2) is 11.0 Å². The first kappa shape index (κ1) is 17.5. The van der Waals surface area contributed by atoms with Crippen LogP contribution >= 0.6 is 11.8 Å². The van der Waals surface area contributed by atoms with Crippen LogP contribution in [-0.2, 0) is 11.3 Å². The lowest BCUT2D eigenvalue weighted by molar-refractivity contribution is -0.119. The van der Waals surface area contributed by atoms with Gasteiger partial charge in [0.25, 0.3) is 0 Å². The fraction of sp³-hybridized carbons (Fsp3) is 0.471. The number of hydrogen-bond donors (Lipinski definition) is 1. The van der Waals surface area contributed by atoms with Crippen molar-refractivity contribution in [3.63, 3.8) is 0 Å². The van der Waals surface area contributed by atoms with E-state index in [1.807, 2.05) is 19.1 Å². The maximum atomic E-state index is 11.9. The Balaban J connectivity index is 2.11. The average Bonchev–Trinajstić information content (AvgIpc) is 2.95. The highest BCUT2D eigenvalue weighted by atomic mass is 32.2. The number of nitrogens with zero attached hydrogens (tertiary/aromatic N) is 3. The minimum absolute atomic E-state index is 0.0344. The largest absolute Gasteiger partial charge is 0.353 e. The molecule has 1 aromatic heterocycles. The number of nitrogens with one attached hydrogen (secondary N) is 1. The van der Waals surface area contributed by atoms with Gasteiger partial charge < -0.3 is 9.88 Å². The zero-order valence-electron chi connectivity index (χ0n) is 14.2. The standard InChI is InChI=1S/C17H24N4OS/c1-5-13(4)18-15(22)11-23-17-20-19-16(21(17)6-2)14-9-7-8-12(3)10-14/h7-10,13H,5-6,11H2,1-4H3,(H,18,22). The van der Waals surface area contributed by atoms with Crippen LogP contribution in [0.15, 0.2) is 29.4 Å². The Bertz CT molecular complexity index is 668. The smallest absolute Gasteiger partial charge is 0.230 e. The van der Waals surface area contributed by atoms with Gasteiger partial charge in [-0.25, -0.2) is 0 Å². The highest BCUT2D eigenvalue weighted by molar-refractivity contribution is 7.99. The first-order valence-electron chi connectivity index (χ1n) is 7.97. The van der Waals surface area contributed by atoms with Crippen LogP contribution in [0.2, 0.25) is 0 Å². The number of hydrogen-bond acceptors (Lipinski definition) is 4. The topological polar surface area (TPSA) is 59.8 Å². The molecule has 0 radical (unpaired) electrons. The van der Waals surface area contributed by atoms with Gasteiger partial charge in [-0.1, -0.05) is 42.4 Å². The van der Waals surface area contributed by atoms with Crippen molar-refractivity contribution in [1.82, 2.24) is 20.1 Å². The fourth-order valence-corrected chi connectivity index (χ4v) is 3.04. The molecule has 0 spiro atoms. The minimum atomic E-state index is 0.0344. The van der Waals surface area contributed by atoms with E-state index in [-0.39, 0.29) is 11.9 Å². The number of aryl methyl sites for hydroxylation is 1. The lowest BCUT2D eigenvalue weighted by atomic mass is 10.1. The van der Waals surface area contributed by atoms with Gasteiger partial charge in [-0.3, -0.25) is 4.79 Å². The van der Waals surface area contributed by atoms with E-state index in [0.717, 1.165) is 29.5 Å². The first-order chi connectivity index (χ1) is 11.0. The van der Waals surface area contributed by atoms with Crippen LogP contribution in [0, 0.1) is 6.92 Å². The van der Waals surface area contributed by atoms with Gasteiger partial charge in [0.05, 0.1) is 5.75 Å². The van der Waals surface area contributed by atoms with E-state index in [0.29, 0.717) is 5.75 Å². The Labute approximate surface area is 141 Å².